The zero-order valence-electron chi connectivity index (χ0n) is 9.91. The smallest absolute Gasteiger partial charge is 0.180 e. The largest absolute Gasteiger partial charge is 0.446 e. The SMILES string of the molecule is N#CC(c1cnco1)N1CCc2ccccc2C1. The molecule has 0 radical (unpaired) electrons. The van der Waals surface area contributed by atoms with Gasteiger partial charge in [0, 0.05) is 13.1 Å². The number of nitrogens with zero attached hydrogens (tertiary/aromatic N) is 3. The van der Waals surface area contributed by atoms with Crippen LogP contribution in [0.2, 0.25) is 0 Å². The number of rotatable bonds is 2. The van der Waals surface area contributed by atoms with Gasteiger partial charge in [0.05, 0.1) is 12.3 Å². The summed E-state index contributed by atoms with van der Waals surface area (Å²) >= 11 is 0. The van der Waals surface area contributed by atoms with Gasteiger partial charge in [0.1, 0.15) is 0 Å². The number of hydrogen-bond acceptors (Lipinski definition) is 4. The van der Waals surface area contributed by atoms with Crippen LogP contribution >= 0.6 is 0 Å². The van der Waals surface area contributed by atoms with Crippen molar-refractivity contribution in [2.75, 3.05) is 6.54 Å². The van der Waals surface area contributed by atoms with Crippen LogP contribution in [0.25, 0.3) is 0 Å². The van der Waals surface area contributed by atoms with Crippen molar-refractivity contribution in [3.05, 3.63) is 53.7 Å². The van der Waals surface area contributed by atoms with E-state index in [9.17, 15) is 5.26 Å². The Morgan fingerprint density at radius 3 is 2.89 bits per heavy atom. The second kappa shape index (κ2) is 4.63. The summed E-state index contributed by atoms with van der Waals surface area (Å²) in [4.78, 5) is 6.01. The molecule has 0 aliphatic carbocycles. The Hall–Kier alpha value is -2.12. The van der Waals surface area contributed by atoms with Crippen molar-refractivity contribution in [2.45, 2.75) is 19.0 Å². The molecule has 0 amide bonds. The van der Waals surface area contributed by atoms with Crippen molar-refractivity contribution in [1.82, 2.24) is 9.88 Å². The standard InChI is InChI=1S/C14H13N3O/c15-7-13(14-8-16-10-18-14)17-6-5-11-3-1-2-4-12(11)9-17/h1-4,8,10,13H,5-6,9H2. The molecule has 4 heteroatoms. The normalized spacial score (nSPS) is 16.8. The number of nitriles is 1. The molecule has 2 aromatic rings. The van der Waals surface area contributed by atoms with Crippen molar-refractivity contribution in [1.29, 1.82) is 5.26 Å². The molecule has 0 spiro atoms. The molecule has 18 heavy (non-hydrogen) atoms. The third-order valence-corrected chi connectivity index (χ3v) is 3.37. The van der Waals surface area contributed by atoms with Crippen LogP contribution in [-0.4, -0.2) is 16.4 Å². The molecule has 2 heterocycles. The summed E-state index contributed by atoms with van der Waals surface area (Å²) in [6.07, 6.45) is 3.97. The molecule has 1 unspecified atom stereocenters. The van der Waals surface area contributed by atoms with Gasteiger partial charge < -0.3 is 4.42 Å². The Bertz CT molecular complexity index is 571. The van der Waals surface area contributed by atoms with Crippen LogP contribution in [0.1, 0.15) is 22.9 Å². The minimum absolute atomic E-state index is 0.346. The maximum absolute atomic E-state index is 9.32. The van der Waals surface area contributed by atoms with E-state index in [1.54, 1.807) is 6.20 Å². The summed E-state index contributed by atoms with van der Waals surface area (Å²) < 4.78 is 5.25. The van der Waals surface area contributed by atoms with Crippen LogP contribution in [0.3, 0.4) is 0 Å². The van der Waals surface area contributed by atoms with Crippen LogP contribution in [0.5, 0.6) is 0 Å². The summed E-state index contributed by atoms with van der Waals surface area (Å²) in [5, 5.41) is 9.32. The first-order valence-electron chi connectivity index (χ1n) is 5.97. The van der Waals surface area contributed by atoms with Gasteiger partial charge in [-0.15, -0.1) is 0 Å². The van der Waals surface area contributed by atoms with E-state index in [4.69, 9.17) is 4.42 Å². The fourth-order valence-corrected chi connectivity index (χ4v) is 2.42. The van der Waals surface area contributed by atoms with E-state index in [0.29, 0.717) is 5.76 Å². The highest BCUT2D eigenvalue weighted by Gasteiger charge is 2.26. The van der Waals surface area contributed by atoms with E-state index in [1.165, 1.54) is 17.5 Å². The summed E-state index contributed by atoms with van der Waals surface area (Å²) in [6, 6.07) is 10.3. The molecule has 3 rings (SSSR count). The molecular formula is C14H13N3O. The van der Waals surface area contributed by atoms with Gasteiger partial charge in [-0.2, -0.15) is 5.26 Å². The van der Waals surface area contributed by atoms with Crippen molar-refractivity contribution < 1.29 is 4.42 Å². The molecule has 0 saturated heterocycles. The van der Waals surface area contributed by atoms with Crippen molar-refractivity contribution in [3.8, 4) is 6.07 Å². The average Bonchev–Trinajstić information content (AvgIpc) is 2.93. The number of oxazole rings is 1. The molecule has 4 nitrogen and oxygen atoms in total. The third kappa shape index (κ3) is 1.89. The van der Waals surface area contributed by atoms with E-state index in [1.807, 2.05) is 6.07 Å². The number of fused-ring (bicyclic) bond motifs is 1. The van der Waals surface area contributed by atoms with Gasteiger partial charge in [-0.05, 0) is 17.5 Å². The van der Waals surface area contributed by atoms with Crippen LogP contribution in [-0.2, 0) is 13.0 Å². The highest BCUT2D eigenvalue weighted by atomic mass is 16.3. The van der Waals surface area contributed by atoms with E-state index < -0.39 is 0 Å². The van der Waals surface area contributed by atoms with Gasteiger partial charge in [0.2, 0.25) is 0 Å². The molecule has 1 aliphatic heterocycles. The monoisotopic (exact) mass is 239 g/mol. The van der Waals surface area contributed by atoms with E-state index in [2.05, 4.69) is 34.2 Å². The fraction of sp³-hybridized carbons (Fsp3) is 0.286. The zero-order chi connectivity index (χ0) is 12.4. The lowest BCUT2D eigenvalue weighted by Gasteiger charge is -2.30. The molecule has 0 bridgehead atoms. The Morgan fingerprint density at radius 2 is 2.17 bits per heavy atom. The molecular weight excluding hydrogens is 226 g/mol. The molecule has 90 valence electrons. The molecule has 0 saturated carbocycles. The Morgan fingerprint density at radius 1 is 1.33 bits per heavy atom. The number of benzene rings is 1. The highest BCUT2D eigenvalue weighted by Crippen LogP contribution is 2.27. The molecule has 0 fully saturated rings. The Kier molecular flexibility index (Phi) is 2.83. The lowest BCUT2D eigenvalue weighted by Crippen LogP contribution is -2.33. The number of aromatic nitrogens is 1. The van der Waals surface area contributed by atoms with Crippen LogP contribution in [0.4, 0.5) is 0 Å². The summed E-state index contributed by atoms with van der Waals surface area (Å²) in [5.74, 6) is 0.622. The summed E-state index contributed by atoms with van der Waals surface area (Å²) in [6.45, 7) is 1.66. The second-order valence-electron chi connectivity index (χ2n) is 4.42. The van der Waals surface area contributed by atoms with Crippen molar-refractivity contribution >= 4 is 0 Å². The van der Waals surface area contributed by atoms with E-state index in [0.717, 1.165) is 19.5 Å². The fourth-order valence-electron chi connectivity index (χ4n) is 2.42. The van der Waals surface area contributed by atoms with E-state index in [-0.39, 0.29) is 6.04 Å². The highest BCUT2D eigenvalue weighted by molar-refractivity contribution is 5.30. The minimum Gasteiger partial charge on any atom is -0.446 e. The predicted molar refractivity (Wildman–Crippen MR) is 65.4 cm³/mol. The third-order valence-electron chi connectivity index (χ3n) is 3.37. The lowest BCUT2D eigenvalue weighted by molar-refractivity contribution is 0.196. The van der Waals surface area contributed by atoms with Gasteiger partial charge in [0.15, 0.2) is 18.2 Å². The Balaban J connectivity index is 1.85. The first-order chi connectivity index (χ1) is 8.88. The van der Waals surface area contributed by atoms with E-state index >= 15 is 0 Å². The first kappa shape index (κ1) is 11.0. The lowest BCUT2D eigenvalue weighted by atomic mass is 9.98. The topological polar surface area (TPSA) is 53.1 Å². The van der Waals surface area contributed by atoms with Crippen molar-refractivity contribution in [2.24, 2.45) is 0 Å². The van der Waals surface area contributed by atoms with Gasteiger partial charge >= 0.3 is 0 Å². The van der Waals surface area contributed by atoms with Crippen LogP contribution in [0, 0.1) is 11.3 Å². The zero-order valence-corrected chi connectivity index (χ0v) is 9.91. The molecule has 0 N–H and O–H groups in total. The molecule has 1 aromatic carbocycles. The van der Waals surface area contributed by atoms with Crippen molar-refractivity contribution in [3.63, 3.8) is 0 Å². The molecule has 1 atom stereocenters. The Labute approximate surface area is 105 Å². The summed E-state index contributed by atoms with van der Waals surface area (Å²) in [5.41, 5.74) is 2.67. The number of hydrogen-bond donors (Lipinski definition) is 0. The maximum atomic E-state index is 9.32. The minimum atomic E-state index is -0.346. The molecule has 1 aliphatic rings. The second-order valence-corrected chi connectivity index (χ2v) is 4.42. The summed E-state index contributed by atoms with van der Waals surface area (Å²) in [7, 11) is 0. The van der Waals surface area contributed by atoms with Crippen LogP contribution < -0.4 is 0 Å². The van der Waals surface area contributed by atoms with Gasteiger partial charge in [-0.3, -0.25) is 4.90 Å². The maximum Gasteiger partial charge on any atom is 0.180 e. The average molecular weight is 239 g/mol. The van der Waals surface area contributed by atoms with Crippen LogP contribution in [0.15, 0.2) is 41.3 Å². The predicted octanol–water partition coefficient (Wildman–Crippen LogP) is 2.30. The van der Waals surface area contributed by atoms with Gasteiger partial charge in [-0.25, -0.2) is 4.98 Å². The van der Waals surface area contributed by atoms with Gasteiger partial charge in [0.25, 0.3) is 0 Å². The first-order valence-corrected chi connectivity index (χ1v) is 5.97. The molecule has 1 aromatic heterocycles. The van der Waals surface area contributed by atoms with Gasteiger partial charge in [-0.1, -0.05) is 24.3 Å². The quantitative estimate of drug-likeness (QED) is 0.806.